The molecule has 2 aromatic rings. The van der Waals surface area contributed by atoms with E-state index in [0.29, 0.717) is 52.3 Å². The Labute approximate surface area is 231 Å². The fraction of sp³-hybridized carbons (Fsp3) is 0.556. The van der Waals surface area contributed by atoms with E-state index < -0.39 is 5.97 Å². The van der Waals surface area contributed by atoms with Gasteiger partial charge in [0.05, 0.1) is 32.3 Å². The van der Waals surface area contributed by atoms with Gasteiger partial charge in [-0.05, 0) is 32.2 Å². The predicted molar refractivity (Wildman–Crippen MR) is 158 cm³/mol. The molecule has 10 nitrogen and oxygen atoms in total. The Kier molecular flexibility index (Phi) is 18.6. The van der Waals surface area contributed by atoms with Crippen LogP contribution in [-0.2, 0) is 9.53 Å². The molecule has 1 aromatic carbocycles. The van der Waals surface area contributed by atoms with Crippen molar-refractivity contribution in [2.24, 2.45) is 4.99 Å². The number of benzene rings is 1. The smallest absolute Gasteiger partial charge is 0.309 e. The number of rotatable bonds is 14. The molecule has 2 N–H and O–H groups in total. The number of aliphatic imine (C=N–C) groups is 1. The van der Waals surface area contributed by atoms with Crippen LogP contribution in [0.15, 0.2) is 35.2 Å². The molecule has 0 saturated carbocycles. The highest BCUT2D eigenvalue weighted by Gasteiger charge is 2.13. The Morgan fingerprint density at radius 1 is 1.18 bits per heavy atom. The van der Waals surface area contributed by atoms with Crippen LogP contribution in [0.4, 0.5) is 5.82 Å². The van der Waals surface area contributed by atoms with Gasteiger partial charge in [0.15, 0.2) is 22.5 Å². The van der Waals surface area contributed by atoms with Gasteiger partial charge in [-0.3, -0.25) is 4.79 Å². The van der Waals surface area contributed by atoms with Gasteiger partial charge in [-0.1, -0.05) is 46.0 Å². The van der Waals surface area contributed by atoms with Gasteiger partial charge in [0.2, 0.25) is 0 Å². The highest BCUT2D eigenvalue weighted by atomic mass is 32.2. The monoisotopic (exact) mass is 551 g/mol. The Morgan fingerprint density at radius 3 is 2.50 bits per heavy atom. The zero-order valence-electron chi connectivity index (χ0n) is 23.0. The van der Waals surface area contributed by atoms with E-state index in [-0.39, 0.29) is 13.8 Å². The standard InChI is InChI=1S/C24H35N5O5S.C2H6.CH4/c1-6-17(13-22(30)31)27-24(35-5)28-23-18-14-20(33-4)21(15-19(18)25-16-26-23)34-11-8-9-29(7-2)10-12-32-3;1-2;/h6,14-16H,7-13H2,1-5H3,(H,30,31)(H,25,26,27,28);1-2H3;1H4/b17-6+;;. The first-order valence-electron chi connectivity index (χ1n) is 12.4. The lowest BCUT2D eigenvalue weighted by molar-refractivity contribution is -0.136. The third-order valence-electron chi connectivity index (χ3n) is 5.19. The average molecular weight is 552 g/mol. The summed E-state index contributed by atoms with van der Waals surface area (Å²) in [5.41, 5.74) is 1.21. The van der Waals surface area contributed by atoms with E-state index in [4.69, 9.17) is 19.3 Å². The van der Waals surface area contributed by atoms with Gasteiger partial charge in [0.25, 0.3) is 0 Å². The lowest BCUT2D eigenvalue weighted by Gasteiger charge is -2.20. The number of methoxy groups -OCH3 is 2. The summed E-state index contributed by atoms with van der Waals surface area (Å²) in [5.74, 6) is 0.691. The first-order chi connectivity index (χ1) is 17.9. The topological polar surface area (TPSA) is 118 Å². The van der Waals surface area contributed by atoms with Crippen LogP contribution in [0.25, 0.3) is 10.9 Å². The van der Waals surface area contributed by atoms with Crippen LogP contribution in [0.2, 0.25) is 0 Å². The lowest BCUT2D eigenvalue weighted by atomic mass is 10.2. The first-order valence-corrected chi connectivity index (χ1v) is 13.6. The maximum absolute atomic E-state index is 11.1. The lowest BCUT2D eigenvalue weighted by Crippen LogP contribution is -2.29. The molecule has 2 rings (SSSR count). The molecule has 0 radical (unpaired) electrons. The number of nitrogens with zero attached hydrogens (tertiary/aromatic N) is 4. The quantitative estimate of drug-likeness (QED) is 0.180. The van der Waals surface area contributed by atoms with Crippen LogP contribution in [0.1, 0.15) is 48.0 Å². The second-order valence-electron chi connectivity index (χ2n) is 7.48. The number of carboxylic acid groups (broad SMARTS) is 1. The van der Waals surface area contributed by atoms with E-state index in [2.05, 4.69) is 32.1 Å². The van der Waals surface area contributed by atoms with Crippen molar-refractivity contribution >= 4 is 39.6 Å². The second-order valence-corrected chi connectivity index (χ2v) is 8.27. The number of nitrogens with one attached hydrogen (secondary N) is 1. The number of ether oxygens (including phenoxy) is 3. The van der Waals surface area contributed by atoms with Gasteiger partial charge in [0, 0.05) is 37.3 Å². The summed E-state index contributed by atoms with van der Waals surface area (Å²) in [4.78, 5) is 26.7. The molecular weight excluding hydrogens is 506 g/mol. The average Bonchev–Trinajstić information content (AvgIpc) is 2.92. The third kappa shape index (κ3) is 11.7. The van der Waals surface area contributed by atoms with E-state index in [1.54, 1.807) is 27.2 Å². The Bertz CT molecular complexity index is 1030. The number of hydrogen-bond acceptors (Lipinski definition) is 9. The fourth-order valence-electron chi connectivity index (χ4n) is 3.27. The molecule has 0 spiro atoms. The van der Waals surface area contributed by atoms with E-state index in [1.165, 1.54) is 18.1 Å². The van der Waals surface area contributed by atoms with Gasteiger partial charge in [-0.15, -0.1) is 0 Å². The van der Waals surface area contributed by atoms with Crippen LogP contribution >= 0.6 is 11.8 Å². The minimum absolute atomic E-state index is 0. The number of aromatic nitrogens is 2. The maximum atomic E-state index is 11.1. The first kappa shape index (κ1) is 35.1. The van der Waals surface area contributed by atoms with E-state index in [9.17, 15) is 4.79 Å². The summed E-state index contributed by atoms with van der Waals surface area (Å²) in [5, 5.41) is 13.4. The minimum Gasteiger partial charge on any atom is -0.493 e. The second kappa shape index (κ2) is 20.1. The summed E-state index contributed by atoms with van der Waals surface area (Å²) in [7, 11) is 3.30. The van der Waals surface area contributed by atoms with Crippen LogP contribution in [0.3, 0.4) is 0 Å². The van der Waals surface area contributed by atoms with Crippen molar-refractivity contribution in [1.82, 2.24) is 20.2 Å². The van der Waals surface area contributed by atoms with Crippen molar-refractivity contribution in [1.29, 1.82) is 0 Å². The van der Waals surface area contributed by atoms with Crippen LogP contribution in [0, 0.1) is 0 Å². The normalized spacial score (nSPS) is 11.5. The Morgan fingerprint density at radius 2 is 1.92 bits per heavy atom. The van der Waals surface area contributed by atoms with Gasteiger partial charge >= 0.3 is 5.97 Å². The van der Waals surface area contributed by atoms with E-state index in [1.807, 2.05) is 32.2 Å². The van der Waals surface area contributed by atoms with Gasteiger partial charge in [0.1, 0.15) is 6.33 Å². The van der Waals surface area contributed by atoms with Crippen LogP contribution < -0.4 is 14.8 Å². The Balaban J connectivity index is 0.00000445. The molecule has 38 heavy (non-hydrogen) atoms. The van der Waals surface area contributed by atoms with Gasteiger partial charge < -0.3 is 29.5 Å². The molecule has 0 bridgehead atoms. The number of fused-ring (bicyclic) bond motifs is 1. The summed E-state index contributed by atoms with van der Waals surface area (Å²) < 4.78 is 16.7. The molecule has 0 unspecified atom stereocenters. The zero-order valence-corrected chi connectivity index (χ0v) is 23.9. The maximum Gasteiger partial charge on any atom is 0.309 e. The predicted octanol–water partition coefficient (Wildman–Crippen LogP) is 5.36. The molecule has 1 heterocycles. The minimum atomic E-state index is -0.923. The number of carboxylic acids is 1. The molecule has 0 saturated heterocycles. The largest absolute Gasteiger partial charge is 0.493 e. The van der Waals surface area contributed by atoms with Crippen molar-refractivity contribution in [2.45, 2.75) is 48.0 Å². The molecule has 1 aromatic heterocycles. The van der Waals surface area contributed by atoms with Gasteiger partial charge in [-0.25, -0.2) is 15.0 Å². The molecule has 11 heteroatoms. The molecule has 0 atom stereocenters. The zero-order chi connectivity index (χ0) is 27.6. The molecule has 214 valence electrons. The number of carbonyl (C=O) groups is 1. The molecule has 0 amide bonds. The fourth-order valence-corrected chi connectivity index (χ4v) is 3.68. The van der Waals surface area contributed by atoms with Crippen molar-refractivity contribution in [3.63, 3.8) is 0 Å². The molecular formula is C27H45N5O5S. The van der Waals surface area contributed by atoms with E-state index >= 15 is 0 Å². The summed E-state index contributed by atoms with van der Waals surface area (Å²) in [6, 6.07) is 3.64. The third-order valence-corrected chi connectivity index (χ3v) is 5.77. The number of thioether (sulfide) groups is 1. The highest BCUT2D eigenvalue weighted by Crippen LogP contribution is 2.35. The SMILES string of the molecule is C.C/C=C(\CC(=O)O)NC(=Nc1ncnc2cc(OCCCN(CC)CCOC)c(OC)cc12)SC.CC. The van der Waals surface area contributed by atoms with Crippen LogP contribution in [-0.4, -0.2) is 84.4 Å². The molecule has 0 aliphatic heterocycles. The number of amidine groups is 1. The number of allylic oxidation sites excluding steroid dienone is 1. The molecule has 0 fully saturated rings. The number of hydrogen-bond donors (Lipinski definition) is 2. The number of likely N-dealkylation sites (N-methyl/N-ethyl adjacent to an activating group) is 1. The molecule has 0 aliphatic carbocycles. The molecule has 0 aliphatic rings. The summed E-state index contributed by atoms with van der Waals surface area (Å²) >= 11 is 1.36. The summed E-state index contributed by atoms with van der Waals surface area (Å²) in [6.45, 7) is 11.9. The summed E-state index contributed by atoms with van der Waals surface area (Å²) in [6.07, 6.45) is 5.74. The van der Waals surface area contributed by atoms with Gasteiger partial charge in [-0.2, -0.15) is 0 Å². The van der Waals surface area contributed by atoms with Crippen molar-refractivity contribution in [2.75, 3.05) is 53.3 Å². The van der Waals surface area contributed by atoms with E-state index in [0.717, 1.165) is 26.1 Å². The van der Waals surface area contributed by atoms with Crippen molar-refractivity contribution in [3.8, 4) is 11.5 Å². The van der Waals surface area contributed by atoms with Crippen molar-refractivity contribution < 1.29 is 24.1 Å². The van der Waals surface area contributed by atoms with Crippen molar-refractivity contribution in [3.05, 3.63) is 30.2 Å². The Hall–Kier alpha value is -2.89. The highest BCUT2D eigenvalue weighted by molar-refractivity contribution is 8.13. The number of aliphatic carboxylic acids is 1. The van der Waals surface area contributed by atoms with Crippen LogP contribution in [0.5, 0.6) is 11.5 Å².